The van der Waals surface area contributed by atoms with Crippen molar-refractivity contribution in [3.05, 3.63) is 117 Å². The molecule has 0 spiro atoms. The molecular weight excluding hydrogens is 909 g/mol. The van der Waals surface area contributed by atoms with E-state index < -0.39 is 23.9 Å². The molecule has 0 aromatic heterocycles. The third-order valence-electron chi connectivity index (χ3n) is 12.8. The van der Waals surface area contributed by atoms with Crippen molar-refractivity contribution in [3.8, 4) is 0 Å². The minimum atomic E-state index is -0.492. The Kier molecular flexibility index (Phi) is 31.0. The molecule has 0 fully saturated rings. The van der Waals surface area contributed by atoms with Crippen molar-refractivity contribution in [1.82, 2.24) is 9.80 Å². The molecule has 12 nitrogen and oxygen atoms in total. The van der Waals surface area contributed by atoms with E-state index in [1.807, 2.05) is 64.4 Å². The van der Waals surface area contributed by atoms with Crippen molar-refractivity contribution in [1.29, 1.82) is 0 Å². The molecule has 0 atom stereocenters. The van der Waals surface area contributed by atoms with Crippen LogP contribution in [-0.2, 0) is 47.6 Å². The third-order valence-corrected chi connectivity index (χ3v) is 12.8. The molecule has 0 aliphatic heterocycles. The molecule has 0 aromatic carbocycles. The summed E-state index contributed by atoms with van der Waals surface area (Å²) in [5, 5.41) is 0. The molecule has 72 heavy (non-hydrogen) atoms. The Balaban J connectivity index is 1.43. The molecule has 0 radical (unpaired) electrons. The van der Waals surface area contributed by atoms with Crippen molar-refractivity contribution in [2.75, 3.05) is 93.1 Å². The average molecular weight is 1000 g/mol. The number of carbonyl (C=O) groups excluding carboxylic acids is 4. The van der Waals surface area contributed by atoms with Gasteiger partial charge in [-0.15, -0.1) is 0 Å². The first-order chi connectivity index (χ1) is 34.2. The highest BCUT2D eigenvalue weighted by Crippen LogP contribution is 2.42. The number of likely N-dealkylation sites (N-methyl/N-ethyl adjacent to an activating group) is 2. The molecule has 0 unspecified atom stereocenters. The van der Waals surface area contributed by atoms with Crippen molar-refractivity contribution in [2.24, 2.45) is 10.8 Å². The van der Waals surface area contributed by atoms with Crippen LogP contribution in [-0.4, -0.2) is 127 Å². The SMILES string of the molecule is CC1=C(/C=C/C(C)=C/C=C/C(C)=C/C(=O)OCCC(=O)OCCCN(C)CCOCCOCCN(C)CCCOC(=O)CCOC(=O)/C=C(C)/C=C/C=C(C)/C=C/C2=C(C)CCCC2(C)C)C(C)(C)CCC1. The van der Waals surface area contributed by atoms with Gasteiger partial charge in [-0.1, -0.05) is 111 Å². The molecule has 0 heterocycles. The van der Waals surface area contributed by atoms with Gasteiger partial charge in [0.05, 0.1) is 52.5 Å². The molecule has 0 N–H and O–H groups in total. The zero-order valence-corrected chi connectivity index (χ0v) is 46.5. The van der Waals surface area contributed by atoms with E-state index in [1.54, 1.807) is 0 Å². The van der Waals surface area contributed by atoms with E-state index in [-0.39, 0.29) is 50.1 Å². The molecule has 0 amide bonds. The number of esters is 4. The van der Waals surface area contributed by atoms with Crippen LogP contribution in [0.2, 0.25) is 0 Å². The van der Waals surface area contributed by atoms with Crippen molar-refractivity contribution in [2.45, 2.75) is 133 Å². The van der Waals surface area contributed by atoms with Crippen LogP contribution < -0.4 is 0 Å². The summed E-state index contributed by atoms with van der Waals surface area (Å²) in [6.07, 6.45) is 31.8. The van der Waals surface area contributed by atoms with E-state index in [1.165, 1.54) is 60.1 Å². The maximum absolute atomic E-state index is 12.2. The van der Waals surface area contributed by atoms with Gasteiger partial charge in [0.15, 0.2) is 0 Å². The van der Waals surface area contributed by atoms with Gasteiger partial charge in [-0.25, -0.2) is 9.59 Å². The number of nitrogens with zero attached hydrogens (tertiary/aromatic N) is 2. The van der Waals surface area contributed by atoms with Crippen molar-refractivity contribution in [3.63, 3.8) is 0 Å². The molecule has 0 saturated heterocycles. The molecule has 0 saturated carbocycles. The summed E-state index contributed by atoms with van der Waals surface area (Å²) < 4.78 is 32.5. The van der Waals surface area contributed by atoms with Crippen LogP contribution in [0.3, 0.4) is 0 Å². The Hall–Kier alpha value is -4.88. The number of hydrogen-bond acceptors (Lipinski definition) is 12. The number of ether oxygens (including phenoxy) is 6. The fourth-order valence-electron chi connectivity index (χ4n) is 8.46. The molecule has 2 aliphatic carbocycles. The van der Waals surface area contributed by atoms with E-state index in [0.717, 1.165) is 61.3 Å². The predicted molar refractivity (Wildman–Crippen MR) is 291 cm³/mol. The lowest BCUT2D eigenvalue weighted by Gasteiger charge is -2.33. The van der Waals surface area contributed by atoms with E-state index in [9.17, 15) is 19.2 Å². The van der Waals surface area contributed by atoms with Crippen LogP contribution in [0.15, 0.2) is 117 Å². The largest absolute Gasteiger partial charge is 0.466 e. The number of allylic oxidation sites excluding steroid dienone is 18. The number of carbonyl (C=O) groups is 4. The minimum Gasteiger partial charge on any atom is -0.466 e. The molecule has 12 heteroatoms. The first-order valence-electron chi connectivity index (χ1n) is 26.2. The predicted octanol–water partition coefficient (Wildman–Crippen LogP) is 11.7. The van der Waals surface area contributed by atoms with Gasteiger partial charge in [0.25, 0.3) is 0 Å². The Labute approximate surface area is 434 Å². The summed E-state index contributed by atoms with van der Waals surface area (Å²) in [7, 11) is 3.98. The van der Waals surface area contributed by atoms with E-state index in [2.05, 4.69) is 89.5 Å². The quantitative estimate of drug-likeness (QED) is 0.0204. The first kappa shape index (κ1) is 63.2. The van der Waals surface area contributed by atoms with Gasteiger partial charge in [-0.05, 0) is 140 Å². The standard InChI is InChI=1S/C60H92N2O10/c1-47(25-27-53-51(5)23-15-31-59(53,7)8)19-13-21-49(3)45-57(65)71-39-29-55(63)69-37-17-33-61(11)35-41-67-43-44-68-42-36-62(12)34-18-38-70-56(64)30-40-72-58(66)46-50(4)22-14-20-48(2)26-28-54-52(6)24-16-32-60(54,9)10/h13-14,19-22,25-28,45-46H,15-18,23-24,29-44H2,1-12H3/b21-13+,22-14+,27-25+,28-26+,47-19+,48-20+,49-45+,50-46+. The normalized spacial score (nSPS) is 17.1. The Bertz CT molecular complexity index is 1900. The summed E-state index contributed by atoms with van der Waals surface area (Å²) in [6, 6.07) is 0. The molecular formula is C60H92N2O10. The molecule has 402 valence electrons. The van der Waals surface area contributed by atoms with Gasteiger partial charge in [0.1, 0.15) is 13.2 Å². The first-order valence-corrected chi connectivity index (χ1v) is 26.2. The Morgan fingerprint density at radius 2 is 0.889 bits per heavy atom. The Morgan fingerprint density at radius 1 is 0.500 bits per heavy atom. The third kappa shape index (κ3) is 29.0. The lowest BCUT2D eigenvalue weighted by Crippen LogP contribution is -2.27. The fourth-order valence-corrected chi connectivity index (χ4v) is 8.46. The summed E-state index contributed by atoms with van der Waals surface area (Å²) in [5.74, 6) is -1.78. The minimum absolute atomic E-state index is 0.00432. The highest BCUT2D eigenvalue weighted by Gasteiger charge is 2.27. The molecule has 0 aromatic rings. The van der Waals surface area contributed by atoms with Gasteiger partial charge >= 0.3 is 23.9 Å². The highest BCUT2D eigenvalue weighted by molar-refractivity contribution is 5.84. The lowest BCUT2D eigenvalue weighted by molar-refractivity contribution is -0.149. The van der Waals surface area contributed by atoms with Crippen molar-refractivity contribution < 1.29 is 47.6 Å². The fraction of sp³-hybridized carbons (Fsp3) is 0.600. The second-order valence-electron chi connectivity index (χ2n) is 20.7. The summed E-state index contributed by atoms with van der Waals surface area (Å²) in [6.45, 7) is 27.1. The van der Waals surface area contributed by atoms with E-state index in [0.29, 0.717) is 39.3 Å². The molecule has 2 rings (SSSR count). The zero-order valence-electron chi connectivity index (χ0n) is 46.5. The van der Waals surface area contributed by atoms with Gasteiger partial charge in [0, 0.05) is 38.3 Å². The smallest absolute Gasteiger partial charge is 0.331 e. The van der Waals surface area contributed by atoms with Crippen LogP contribution in [0, 0.1) is 10.8 Å². The molecule has 2 aliphatic rings. The van der Waals surface area contributed by atoms with Gasteiger partial charge in [0.2, 0.25) is 0 Å². The Morgan fingerprint density at radius 3 is 1.26 bits per heavy atom. The molecule has 0 bridgehead atoms. The lowest BCUT2D eigenvalue weighted by atomic mass is 9.72. The van der Waals surface area contributed by atoms with Crippen LogP contribution >= 0.6 is 0 Å². The van der Waals surface area contributed by atoms with Crippen LogP contribution in [0.25, 0.3) is 0 Å². The van der Waals surface area contributed by atoms with E-state index in [4.69, 9.17) is 28.4 Å². The van der Waals surface area contributed by atoms with Gasteiger partial charge < -0.3 is 38.2 Å². The van der Waals surface area contributed by atoms with Crippen molar-refractivity contribution >= 4 is 23.9 Å². The maximum Gasteiger partial charge on any atom is 0.331 e. The van der Waals surface area contributed by atoms with Crippen LogP contribution in [0.5, 0.6) is 0 Å². The number of hydrogen-bond donors (Lipinski definition) is 0. The zero-order chi connectivity index (χ0) is 53.4. The summed E-state index contributed by atoms with van der Waals surface area (Å²) >= 11 is 0. The number of rotatable bonds is 33. The maximum atomic E-state index is 12.2. The van der Waals surface area contributed by atoms with Gasteiger partial charge in [-0.3, -0.25) is 9.59 Å². The highest BCUT2D eigenvalue weighted by atomic mass is 16.6. The van der Waals surface area contributed by atoms with Crippen LogP contribution in [0.4, 0.5) is 0 Å². The summed E-state index contributed by atoms with van der Waals surface area (Å²) in [4.78, 5) is 53.0. The summed E-state index contributed by atoms with van der Waals surface area (Å²) in [5.41, 5.74) is 9.97. The monoisotopic (exact) mass is 1000 g/mol. The van der Waals surface area contributed by atoms with E-state index >= 15 is 0 Å². The average Bonchev–Trinajstić information content (AvgIpc) is 3.29. The topological polar surface area (TPSA) is 130 Å². The van der Waals surface area contributed by atoms with Gasteiger partial charge in [-0.2, -0.15) is 0 Å². The second kappa shape index (κ2) is 35.3. The van der Waals surface area contributed by atoms with Crippen LogP contribution in [0.1, 0.15) is 133 Å². The second-order valence-corrected chi connectivity index (χ2v) is 20.7.